The van der Waals surface area contributed by atoms with Crippen LogP contribution in [0.4, 0.5) is 17.6 Å². The van der Waals surface area contributed by atoms with Crippen molar-refractivity contribution < 1.29 is 22.0 Å². The van der Waals surface area contributed by atoms with E-state index in [-0.39, 0.29) is 5.76 Å². The fourth-order valence-corrected chi connectivity index (χ4v) is 0.600. The van der Waals surface area contributed by atoms with Crippen LogP contribution in [0.25, 0.3) is 0 Å². The lowest BCUT2D eigenvalue weighted by Crippen LogP contribution is -2.02. The molecule has 0 aliphatic rings. The minimum absolute atomic E-state index is 0.329. The molecule has 0 N–H and O–H groups in total. The summed E-state index contributed by atoms with van der Waals surface area (Å²) in [5.74, 6) is -2.62. The van der Waals surface area contributed by atoms with Gasteiger partial charge in [-0.3, -0.25) is 0 Å². The van der Waals surface area contributed by atoms with E-state index < -0.39 is 17.8 Å². The summed E-state index contributed by atoms with van der Waals surface area (Å²) < 4.78 is 51.5. The van der Waals surface area contributed by atoms with Crippen molar-refractivity contribution in [1.82, 2.24) is 0 Å². The molecule has 0 bridgehead atoms. The first-order valence-electron chi connectivity index (χ1n) is 2.74. The number of aryl methyl sites for hydroxylation is 1. The maximum Gasteiger partial charge on any atom is 0.449 e. The average molecular weight is 168 g/mol. The summed E-state index contributed by atoms with van der Waals surface area (Å²) in [5.41, 5.74) is 0. The Hall–Kier alpha value is -1.00. The summed E-state index contributed by atoms with van der Waals surface area (Å²) in [4.78, 5) is 0. The molecule has 1 aromatic rings. The van der Waals surface area contributed by atoms with E-state index in [0.717, 1.165) is 6.92 Å². The lowest BCUT2D eigenvalue weighted by Gasteiger charge is -1.98. The second-order valence-corrected chi connectivity index (χ2v) is 2.01. The molecule has 0 aliphatic carbocycles. The number of rotatable bonds is 0. The molecule has 62 valence electrons. The molecule has 0 unspecified atom stereocenters. The Balaban J connectivity index is 3.08. The Morgan fingerprint density at radius 3 is 2.09 bits per heavy atom. The number of halogens is 4. The van der Waals surface area contributed by atoms with Crippen LogP contribution < -0.4 is 0 Å². The molecule has 0 aliphatic heterocycles. The van der Waals surface area contributed by atoms with E-state index in [4.69, 9.17) is 0 Å². The molecule has 1 heterocycles. The maximum atomic E-state index is 12.3. The third-order valence-corrected chi connectivity index (χ3v) is 1.14. The predicted octanol–water partition coefficient (Wildman–Crippen LogP) is 2.75. The minimum atomic E-state index is -4.60. The Labute approximate surface area is 59.6 Å². The van der Waals surface area contributed by atoms with Gasteiger partial charge in [0.05, 0.1) is 0 Å². The highest BCUT2D eigenvalue weighted by atomic mass is 19.4. The summed E-state index contributed by atoms with van der Waals surface area (Å²) >= 11 is 0. The molecule has 0 saturated heterocycles. The SMILES string of the molecule is Cc1oc(C(F)(F)F)cc1F. The van der Waals surface area contributed by atoms with Gasteiger partial charge in [-0.1, -0.05) is 0 Å². The summed E-state index contributed by atoms with van der Waals surface area (Å²) in [6.07, 6.45) is -4.60. The van der Waals surface area contributed by atoms with E-state index in [1.807, 2.05) is 0 Å². The Morgan fingerprint density at radius 2 is 1.91 bits per heavy atom. The van der Waals surface area contributed by atoms with E-state index in [0.29, 0.717) is 6.07 Å². The smallest absolute Gasteiger partial charge is 0.449 e. The molecule has 0 saturated carbocycles. The highest BCUT2D eigenvalue weighted by Gasteiger charge is 2.35. The normalized spacial score (nSPS) is 12.1. The van der Waals surface area contributed by atoms with Gasteiger partial charge in [-0.15, -0.1) is 0 Å². The zero-order valence-electron chi connectivity index (χ0n) is 5.50. The highest BCUT2D eigenvalue weighted by Crippen LogP contribution is 2.31. The quantitative estimate of drug-likeness (QED) is 0.543. The molecule has 1 aromatic heterocycles. The van der Waals surface area contributed by atoms with Crippen molar-refractivity contribution in [3.8, 4) is 0 Å². The average Bonchev–Trinajstić information content (AvgIpc) is 2.11. The lowest BCUT2D eigenvalue weighted by molar-refractivity contribution is -0.153. The van der Waals surface area contributed by atoms with Crippen molar-refractivity contribution in [3.05, 3.63) is 23.4 Å². The molecule has 0 spiro atoms. The van der Waals surface area contributed by atoms with Crippen LogP contribution in [0.2, 0.25) is 0 Å². The summed E-state index contributed by atoms with van der Waals surface area (Å²) in [7, 11) is 0. The van der Waals surface area contributed by atoms with Crippen molar-refractivity contribution in [3.63, 3.8) is 0 Å². The lowest BCUT2D eigenvalue weighted by atomic mass is 10.4. The van der Waals surface area contributed by atoms with Crippen LogP contribution in [0.5, 0.6) is 0 Å². The molecule has 1 nitrogen and oxygen atoms in total. The van der Waals surface area contributed by atoms with E-state index in [1.54, 1.807) is 0 Å². The zero-order chi connectivity index (χ0) is 8.65. The Bertz CT molecular complexity index is 241. The van der Waals surface area contributed by atoms with Crippen molar-refractivity contribution in [2.24, 2.45) is 0 Å². The van der Waals surface area contributed by atoms with Crippen LogP contribution in [0.15, 0.2) is 10.5 Å². The standard InChI is InChI=1S/C6H4F4O/c1-3-4(7)2-5(11-3)6(8,9)10/h2H,1H3. The molecule has 0 amide bonds. The highest BCUT2D eigenvalue weighted by molar-refractivity contribution is 5.10. The molecule has 0 aromatic carbocycles. The fourth-order valence-electron chi connectivity index (χ4n) is 0.600. The number of furan rings is 1. The summed E-state index contributed by atoms with van der Waals surface area (Å²) in [6.45, 7) is 1.13. The van der Waals surface area contributed by atoms with Crippen LogP contribution in [-0.2, 0) is 6.18 Å². The van der Waals surface area contributed by atoms with Gasteiger partial charge in [0.25, 0.3) is 0 Å². The first-order valence-corrected chi connectivity index (χ1v) is 2.74. The number of hydrogen-bond donors (Lipinski definition) is 0. The van der Waals surface area contributed by atoms with Gasteiger partial charge in [-0.2, -0.15) is 13.2 Å². The van der Waals surface area contributed by atoms with Gasteiger partial charge in [0.2, 0.25) is 5.76 Å². The van der Waals surface area contributed by atoms with Crippen LogP contribution in [0.3, 0.4) is 0 Å². The van der Waals surface area contributed by atoms with Crippen LogP contribution >= 0.6 is 0 Å². The van der Waals surface area contributed by atoms with E-state index >= 15 is 0 Å². The monoisotopic (exact) mass is 168 g/mol. The van der Waals surface area contributed by atoms with Gasteiger partial charge in [0, 0.05) is 6.07 Å². The number of alkyl halides is 3. The van der Waals surface area contributed by atoms with Gasteiger partial charge in [-0.05, 0) is 6.92 Å². The van der Waals surface area contributed by atoms with E-state index in [2.05, 4.69) is 4.42 Å². The van der Waals surface area contributed by atoms with Gasteiger partial charge in [0.1, 0.15) is 5.76 Å². The first-order chi connectivity index (χ1) is 4.91. The van der Waals surface area contributed by atoms with Crippen molar-refractivity contribution in [1.29, 1.82) is 0 Å². The fraction of sp³-hybridized carbons (Fsp3) is 0.333. The van der Waals surface area contributed by atoms with Crippen molar-refractivity contribution >= 4 is 0 Å². The molecule has 11 heavy (non-hydrogen) atoms. The summed E-state index contributed by atoms with van der Waals surface area (Å²) in [5, 5.41) is 0. The minimum Gasteiger partial charge on any atom is -0.454 e. The summed E-state index contributed by atoms with van der Waals surface area (Å²) in [6, 6.07) is 0.329. The van der Waals surface area contributed by atoms with E-state index in [9.17, 15) is 17.6 Å². The largest absolute Gasteiger partial charge is 0.454 e. The molecule has 5 heteroatoms. The molecule has 1 rings (SSSR count). The second-order valence-electron chi connectivity index (χ2n) is 2.01. The van der Waals surface area contributed by atoms with Crippen LogP contribution in [0.1, 0.15) is 11.5 Å². The third-order valence-electron chi connectivity index (χ3n) is 1.14. The molecule has 0 fully saturated rings. The second kappa shape index (κ2) is 2.25. The predicted molar refractivity (Wildman–Crippen MR) is 28.4 cm³/mol. The van der Waals surface area contributed by atoms with Gasteiger partial charge >= 0.3 is 6.18 Å². The maximum absolute atomic E-state index is 12.3. The Kier molecular flexibility index (Phi) is 1.66. The van der Waals surface area contributed by atoms with Crippen LogP contribution in [-0.4, -0.2) is 0 Å². The molecule has 0 radical (unpaired) electrons. The van der Waals surface area contributed by atoms with E-state index in [1.165, 1.54) is 0 Å². The third kappa shape index (κ3) is 1.53. The topological polar surface area (TPSA) is 13.1 Å². The molecule has 0 atom stereocenters. The first kappa shape index (κ1) is 8.10. The van der Waals surface area contributed by atoms with Gasteiger partial charge in [-0.25, -0.2) is 4.39 Å². The van der Waals surface area contributed by atoms with Crippen molar-refractivity contribution in [2.75, 3.05) is 0 Å². The Morgan fingerprint density at radius 1 is 1.36 bits per heavy atom. The van der Waals surface area contributed by atoms with Crippen molar-refractivity contribution in [2.45, 2.75) is 13.1 Å². The molecular formula is C6H4F4O. The van der Waals surface area contributed by atoms with Gasteiger partial charge in [0.15, 0.2) is 5.82 Å². The number of hydrogen-bond acceptors (Lipinski definition) is 1. The zero-order valence-corrected chi connectivity index (χ0v) is 5.50. The van der Waals surface area contributed by atoms with Crippen LogP contribution in [0, 0.1) is 12.7 Å². The molecular weight excluding hydrogens is 164 g/mol. The van der Waals surface area contributed by atoms with Gasteiger partial charge < -0.3 is 4.42 Å².